The Kier molecular flexibility index (Phi) is 5.04. The SMILES string of the molecule is CC1NN(c2ccccc2)C2NCC(C(=O)Nc3ccccc3C(N)=O)C(=O)C12. The van der Waals surface area contributed by atoms with Crippen LogP contribution in [0, 0.1) is 11.8 Å². The fourth-order valence-corrected chi connectivity index (χ4v) is 4.08. The Bertz CT molecular complexity index is 948. The van der Waals surface area contributed by atoms with E-state index >= 15 is 0 Å². The first-order chi connectivity index (χ1) is 14.0. The van der Waals surface area contributed by atoms with Gasteiger partial charge < -0.3 is 11.1 Å². The van der Waals surface area contributed by atoms with Crippen molar-refractivity contribution in [2.45, 2.75) is 19.1 Å². The lowest BCUT2D eigenvalue weighted by Gasteiger charge is -2.35. The number of nitrogens with zero attached hydrogens (tertiary/aromatic N) is 1. The van der Waals surface area contributed by atoms with Gasteiger partial charge >= 0.3 is 0 Å². The second-order valence-corrected chi connectivity index (χ2v) is 7.36. The molecule has 0 saturated carbocycles. The van der Waals surface area contributed by atoms with Gasteiger partial charge in [0.2, 0.25) is 5.91 Å². The molecule has 0 spiro atoms. The number of carbonyl (C=O) groups excluding carboxylic acids is 3. The zero-order chi connectivity index (χ0) is 20.5. The number of nitrogens with one attached hydrogen (secondary N) is 3. The number of para-hydroxylation sites is 2. The molecule has 2 fully saturated rings. The van der Waals surface area contributed by atoms with Gasteiger partial charge in [0.1, 0.15) is 12.1 Å². The third kappa shape index (κ3) is 3.48. The average Bonchev–Trinajstić information content (AvgIpc) is 3.06. The van der Waals surface area contributed by atoms with E-state index < -0.39 is 17.7 Å². The molecule has 2 aromatic carbocycles. The van der Waals surface area contributed by atoms with Crippen molar-refractivity contribution in [2.75, 3.05) is 16.9 Å². The first kappa shape index (κ1) is 19.1. The molecule has 2 aliphatic rings. The maximum Gasteiger partial charge on any atom is 0.250 e. The van der Waals surface area contributed by atoms with E-state index in [1.54, 1.807) is 18.2 Å². The fraction of sp³-hybridized carbons (Fsp3) is 0.286. The van der Waals surface area contributed by atoms with Crippen LogP contribution in [0.25, 0.3) is 0 Å². The van der Waals surface area contributed by atoms with Crippen LogP contribution < -0.4 is 26.8 Å². The van der Waals surface area contributed by atoms with E-state index in [0.717, 1.165) is 5.69 Å². The van der Waals surface area contributed by atoms with Crippen LogP contribution in [0.15, 0.2) is 54.6 Å². The molecule has 2 saturated heterocycles. The van der Waals surface area contributed by atoms with E-state index in [2.05, 4.69) is 16.1 Å². The van der Waals surface area contributed by atoms with Crippen LogP contribution in [0.2, 0.25) is 0 Å². The van der Waals surface area contributed by atoms with E-state index in [0.29, 0.717) is 5.69 Å². The fourth-order valence-electron chi connectivity index (χ4n) is 4.08. The molecule has 2 aliphatic heterocycles. The third-order valence-corrected chi connectivity index (χ3v) is 5.50. The van der Waals surface area contributed by atoms with E-state index in [1.165, 1.54) is 6.07 Å². The first-order valence-electron chi connectivity index (χ1n) is 9.54. The molecule has 8 heteroatoms. The molecule has 5 N–H and O–H groups in total. The molecule has 2 amide bonds. The molecule has 0 aliphatic carbocycles. The van der Waals surface area contributed by atoms with Gasteiger partial charge in [0.05, 0.1) is 22.9 Å². The lowest BCUT2D eigenvalue weighted by molar-refractivity contribution is -0.136. The summed E-state index contributed by atoms with van der Waals surface area (Å²) in [5.41, 5.74) is 10.2. The van der Waals surface area contributed by atoms with Crippen molar-refractivity contribution in [3.63, 3.8) is 0 Å². The summed E-state index contributed by atoms with van der Waals surface area (Å²) in [6, 6.07) is 16.1. The number of primary amides is 1. The number of anilines is 2. The van der Waals surface area contributed by atoms with Crippen molar-refractivity contribution in [3.8, 4) is 0 Å². The highest BCUT2D eigenvalue weighted by atomic mass is 16.2. The Morgan fingerprint density at radius 3 is 2.52 bits per heavy atom. The molecule has 2 aromatic rings. The summed E-state index contributed by atoms with van der Waals surface area (Å²) < 4.78 is 0. The minimum Gasteiger partial charge on any atom is -0.366 e. The largest absolute Gasteiger partial charge is 0.366 e. The van der Waals surface area contributed by atoms with Crippen molar-refractivity contribution < 1.29 is 14.4 Å². The predicted octanol–water partition coefficient (Wildman–Crippen LogP) is 0.868. The summed E-state index contributed by atoms with van der Waals surface area (Å²) in [5.74, 6) is -2.44. The maximum absolute atomic E-state index is 13.2. The minimum absolute atomic E-state index is 0.124. The van der Waals surface area contributed by atoms with E-state index in [1.807, 2.05) is 42.3 Å². The molecular weight excluding hydrogens is 370 g/mol. The molecule has 150 valence electrons. The summed E-state index contributed by atoms with van der Waals surface area (Å²) in [7, 11) is 0. The normalized spacial score (nSPS) is 26.1. The van der Waals surface area contributed by atoms with Crippen LogP contribution in [0.1, 0.15) is 17.3 Å². The lowest BCUT2D eigenvalue weighted by Crippen LogP contribution is -2.58. The summed E-state index contributed by atoms with van der Waals surface area (Å²) in [5, 5.41) is 7.98. The molecule has 29 heavy (non-hydrogen) atoms. The van der Waals surface area contributed by atoms with Crippen LogP contribution in [-0.4, -0.2) is 36.3 Å². The molecule has 4 rings (SSSR count). The van der Waals surface area contributed by atoms with Gasteiger partial charge in [-0.1, -0.05) is 30.3 Å². The molecule has 0 radical (unpaired) electrons. The summed E-state index contributed by atoms with van der Waals surface area (Å²) in [6.45, 7) is 2.14. The number of ketones is 1. The number of benzene rings is 2. The van der Waals surface area contributed by atoms with Crippen LogP contribution in [0.4, 0.5) is 11.4 Å². The molecule has 8 nitrogen and oxygen atoms in total. The Hall–Kier alpha value is -3.23. The van der Waals surface area contributed by atoms with E-state index in [-0.39, 0.29) is 36.0 Å². The second kappa shape index (κ2) is 7.65. The minimum atomic E-state index is -0.850. The number of rotatable bonds is 4. The lowest BCUT2D eigenvalue weighted by atomic mass is 9.83. The number of carbonyl (C=O) groups is 3. The Labute approximate surface area is 168 Å². The highest BCUT2D eigenvalue weighted by molar-refractivity contribution is 6.11. The Morgan fingerprint density at radius 1 is 1.10 bits per heavy atom. The van der Waals surface area contributed by atoms with Crippen molar-refractivity contribution in [2.24, 2.45) is 17.6 Å². The van der Waals surface area contributed by atoms with Gasteiger partial charge in [-0.15, -0.1) is 0 Å². The first-order valence-corrected chi connectivity index (χ1v) is 9.54. The zero-order valence-corrected chi connectivity index (χ0v) is 16.0. The number of nitrogens with two attached hydrogens (primary N) is 1. The van der Waals surface area contributed by atoms with Gasteiger partial charge in [-0.25, -0.2) is 5.43 Å². The zero-order valence-electron chi connectivity index (χ0n) is 16.0. The van der Waals surface area contributed by atoms with Gasteiger partial charge in [0, 0.05) is 12.6 Å². The van der Waals surface area contributed by atoms with Gasteiger partial charge in [-0.05, 0) is 31.2 Å². The number of hydrogen-bond acceptors (Lipinski definition) is 6. The van der Waals surface area contributed by atoms with Gasteiger partial charge in [0.15, 0.2) is 5.78 Å². The van der Waals surface area contributed by atoms with Gasteiger partial charge in [0.25, 0.3) is 5.91 Å². The number of Topliss-reactive ketones (excluding diaryl/α,β-unsaturated/α-hetero) is 1. The smallest absolute Gasteiger partial charge is 0.250 e. The highest BCUT2D eigenvalue weighted by Crippen LogP contribution is 2.32. The van der Waals surface area contributed by atoms with Crippen molar-refractivity contribution in [1.82, 2.24) is 10.7 Å². The molecule has 4 unspecified atom stereocenters. The Balaban J connectivity index is 1.52. The molecule has 2 heterocycles. The average molecular weight is 393 g/mol. The predicted molar refractivity (Wildman–Crippen MR) is 109 cm³/mol. The highest BCUT2D eigenvalue weighted by Gasteiger charge is 2.50. The van der Waals surface area contributed by atoms with Crippen LogP contribution >= 0.6 is 0 Å². The number of hydrogen-bond donors (Lipinski definition) is 4. The number of fused-ring (bicyclic) bond motifs is 1. The number of piperidine rings is 1. The van der Waals surface area contributed by atoms with E-state index in [4.69, 9.17) is 5.73 Å². The Morgan fingerprint density at radius 2 is 1.79 bits per heavy atom. The van der Waals surface area contributed by atoms with Crippen LogP contribution in [0.5, 0.6) is 0 Å². The molecular formula is C21H23N5O3. The van der Waals surface area contributed by atoms with Crippen LogP contribution in [0.3, 0.4) is 0 Å². The second-order valence-electron chi connectivity index (χ2n) is 7.36. The quantitative estimate of drug-likeness (QED) is 0.573. The molecule has 4 atom stereocenters. The number of amides is 2. The molecule has 0 aromatic heterocycles. The summed E-state index contributed by atoms with van der Waals surface area (Å²) in [6.07, 6.45) is -0.234. The van der Waals surface area contributed by atoms with Crippen molar-refractivity contribution in [3.05, 3.63) is 60.2 Å². The third-order valence-electron chi connectivity index (χ3n) is 5.50. The summed E-state index contributed by atoms with van der Waals surface area (Å²) >= 11 is 0. The van der Waals surface area contributed by atoms with Gasteiger partial charge in [-0.3, -0.25) is 24.7 Å². The number of hydrazine groups is 1. The van der Waals surface area contributed by atoms with Crippen molar-refractivity contribution in [1.29, 1.82) is 0 Å². The standard InChI is InChI=1S/C21H23N5O3/c1-12-17-18(27)15(21(29)24-16-10-6-5-9-14(16)19(22)28)11-23-20(17)26(25-12)13-7-3-2-4-8-13/h2-10,12,15,17,20,23,25H,11H2,1H3,(H2,22,28)(H,24,29). The topological polar surface area (TPSA) is 117 Å². The monoisotopic (exact) mass is 393 g/mol. The summed E-state index contributed by atoms with van der Waals surface area (Å²) in [4.78, 5) is 37.6. The molecule has 0 bridgehead atoms. The maximum atomic E-state index is 13.2. The van der Waals surface area contributed by atoms with E-state index in [9.17, 15) is 14.4 Å². The van der Waals surface area contributed by atoms with Gasteiger partial charge in [-0.2, -0.15) is 0 Å². The van der Waals surface area contributed by atoms with Crippen molar-refractivity contribution >= 4 is 29.0 Å². The van der Waals surface area contributed by atoms with Crippen LogP contribution in [-0.2, 0) is 9.59 Å².